The summed E-state index contributed by atoms with van der Waals surface area (Å²) >= 11 is 3.70. The maximum atomic E-state index is 3.70. The minimum atomic E-state index is 0.939. The van der Waals surface area contributed by atoms with Gasteiger partial charge in [-0.25, -0.2) is 0 Å². The summed E-state index contributed by atoms with van der Waals surface area (Å²) in [4.78, 5) is 4.62. The fraction of sp³-hybridized carbons (Fsp3) is 0.625. The highest BCUT2D eigenvalue weighted by molar-refractivity contribution is 9.10. The lowest BCUT2D eigenvalue weighted by atomic mass is 10.1. The predicted octanol–water partition coefficient (Wildman–Crippen LogP) is 2.94. The SMILES string of the molecule is CCNCc1ccc(CN(C)CCCN(C)C)c(Br)c1. The molecule has 0 heterocycles. The van der Waals surface area contributed by atoms with Crippen LogP contribution in [0.5, 0.6) is 0 Å². The molecule has 0 aliphatic carbocycles. The largest absolute Gasteiger partial charge is 0.313 e. The van der Waals surface area contributed by atoms with Crippen molar-refractivity contribution >= 4 is 15.9 Å². The van der Waals surface area contributed by atoms with E-state index in [9.17, 15) is 0 Å². The molecule has 1 aromatic carbocycles. The number of halogens is 1. The third kappa shape index (κ3) is 6.84. The summed E-state index contributed by atoms with van der Waals surface area (Å²) in [5.74, 6) is 0. The first kappa shape index (κ1) is 17.6. The molecule has 0 saturated carbocycles. The lowest BCUT2D eigenvalue weighted by Gasteiger charge is -2.19. The van der Waals surface area contributed by atoms with Crippen LogP contribution in [-0.4, -0.2) is 50.6 Å². The molecule has 0 bridgehead atoms. The summed E-state index contributed by atoms with van der Waals surface area (Å²) in [6.45, 7) is 7.35. The smallest absolute Gasteiger partial charge is 0.0241 e. The molecule has 0 aliphatic heterocycles. The van der Waals surface area contributed by atoms with Crippen molar-refractivity contribution in [1.82, 2.24) is 15.1 Å². The van der Waals surface area contributed by atoms with Crippen LogP contribution in [0.1, 0.15) is 24.5 Å². The standard InChI is InChI=1S/C16H28BrN3/c1-5-18-12-14-7-8-15(16(17)11-14)13-20(4)10-6-9-19(2)3/h7-8,11,18H,5-6,9-10,12-13H2,1-4H3. The van der Waals surface area contributed by atoms with Crippen molar-refractivity contribution < 1.29 is 0 Å². The van der Waals surface area contributed by atoms with Crippen molar-refractivity contribution in [1.29, 1.82) is 0 Å². The van der Waals surface area contributed by atoms with Crippen molar-refractivity contribution in [2.24, 2.45) is 0 Å². The molecular formula is C16H28BrN3. The highest BCUT2D eigenvalue weighted by atomic mass is 79.9. The van der Waals surface area contributed by atoms with Crippen LogP contribution >= 0.6 is 15.9 Å². The Balaban J connectivity index is 2.46. The van der Waals surface area contributed by atoms with E-state index in [1.165, 1.54) is 22.0 Å². The molecule has 0 aromatic heterocycles. The Morgan fingerprint density at radius 2 is 1.90 bits per heavy atom. The molecule has 4 heteroatoms. The zero-order chi connectivity index (χ0) is 15.0. The number of benzene rings is 1. The van der Waals surface area contributed by atoms with Crippen LogP contribution in [0.25, 0.3) is 0 Å². The molecule has 0 atom stereocenters. The summed E-state index contributed by atoms with van der Waals surface area (Å²) in [5.41, 5.74) is 2.69. The van der Waals surface area contributed by atoms with Crippen molar-refractivity contribution in [2.45, 2.75) is 26.4 Å². The Bertz CT molecular complexity index is 393. The van der Waals surface area contributed by atoms with Gasteiger partial charge in [-0.1, -0.05) is 35.0 Å². The lowest BCUT2D eigenvalue weighted by molar-refractivity contribution is 0.294. The first-order chi connectivity index (χ1) is 9.52. The van der Waals surface area contributed by atoms with Gasteiger partial charge < -0.3 is 15.1 Å². The van der Waals surface area contributed by atoms with Crippen molar-refractivity contribution in [3.63, 3.8) is 0 Å². The molecule has 0 amide bonds. The van der Waals surface area contributed by atoms with Crippen molar-refractivity contribution in [2.75, 3.05) is 40.8 Å². The number of hydrogen-bond donors (Lipinski definition) is 1. The van der Waals surface area contributed by atoms with E-state index >= 15 is 0 Å². The number of hydrogen-bond acceptors (Lipinski definition) is 3. The lowest BCUT2D eigenvalue weighted by Crippen LogP contribution is -2.23. The Morgan fingerprint density at radius 1 is 1.15 bits per heavy atom. The van der Waals surface area contributed by atoms with E-state index < -0.39 is 0 Å². The maximum absolute atomic E-state index is 3.70. The van der Waals surface area contributed by atoms with Crippen LogP contribution in [0.3, 0.4) is 0 Å². The summed E-state index contributed by atoms with van der Waals surface area (Å²) in [6.07, 6.45) is 1.21. The second kappa shape index (κ2) is 9.50. The third-order valence-corrected chi connectivity index (χ3v) is 4.02. The summed E-state index contributed by atoms with van der Waals surface area (Å²) < 4.78 is 1.22. The van der Waals surface area contributed by atoms with Gasteiger partial charge in [0, 0.05) is 17.6 Å². The molecule has 0 saturated heterocycles. The van der Waals surface area contributed by atoms with Crippen LogP contribution in [0.2, 0.25) is 0 Å². The summed E-state index contributed by atoms with van der Waals surface area (Å²) in [5, 5.41) is 3.35. The van der Waals surface area contributed by atoms with Gasteiger partial charge in [0.15, 0.2) is 0 Å². The first-order valence-electron chi connectivity index (χ1n) is 7.34. The van der Waals surface area contributed by atoms with Crippen LogP contribution in [0.4, 0.5) is 0 Å². The average Bonchev–Trinajstić information content (AvgIpc) is 2.38. The van der Waals surface area contributed by atoms with Gasteiger partial charge >= 0.3 is 0 Å². The van der Waals surface area contributed by atoms with E-state index in [1.54, 1.807) is 0 Å². The molecule has 0 aliphatic rings. The quantitative estimate of drug-likeness (QED) is 0.744. The zero-order valence-electron chi connectivity index (χ0n) is 13.2. The molecule has 3 nitrogen and oxygen atoms in total. The normalized spacial score (nSPS) is 11.6. The van der Waals surface area contributed by atoms with E-state index in [0.29, 0.717) is 0 Å². The van der Waals surface area contributed by atoms with Gasteiger partial charge in [0.1, 0.15) is 0 Å². The van der Waals surface area contributed by atoms with Gasteiger partial charge in [-0.2, -0.15) is 0 Å². The van der Waals surface area contributed by atoms with E-state index in [0.717, 1.165) is 32.7 Å². The fourth-order valence-electron chi connectivity index (χ4n) is 2.13. The van der Waals surface area contributed by atoms with Crippen LogP contribution in [0, 0.1) is 0 Å². The van der Waals surface area contributed by atoms with Gasteiger partial charge in [-0.05, 0) is 64.4 Å². The molecule has 114 valence electrons. The number of rotatable bonds is 9. The maximum Gasteiger partial charge on any atom is 0.0241 e. The van der Waals surface area contributed by atoms with E-state index in [4.69, 9.17) is 0 Å². The van der Waals surface area contributed by atoms with E-state index in [2.05, 4.69) is 77.3 Å². The van der Waals surface area contributed by atoms with Crippen LogP contribution < -0.4 is 5.32 Å². The molecule has 1 aromatic rings. The van der Waals surface area contributed by atoms with Gasteiger partial charge in [0.2, 0.25) is 0 Å². The number of nitrogens with one attached hydrogen (secondary N) is 1. The Hall–Kier alpha value is -0.420. The first-order valence-corrected chi connectivity index (χ1v) is 8.13. The molecule has 0 fully saturated rings. The van der Waals surface area contributed by atoms with Gasteiger partial charge in [-0.15, -0.1) is 0 Å². The second-order valence-electron chi connectivity index (χ2n) is 5.60. The van der Waals surface area contributed by atoms with E-state index in [-0.39, 0.29) is 0 Å². The monoisotopic (exact) mass is 341 g/mol. The van der Waals surface area contributed by atoms with E-state index in [1.807, 2.05) is 0 Å². The number of nitrogens with zero attached hydrogens (tertiary/aromatic N) is 2. The molecule has 1 rings (SSSR count). The van der Waals surface area contributed by atoms with Crippen LogP contribution in [-0.2, 0) is 13.1 Å². The summed E-state index contributed by atoms with van der Waals surface area (Å²) in [7, 11) is 6.44. The zero-order valence-corrected chi connectivity index (χ0v) is 14.8. The molecule has 1 N–H and O–H groups in total. The van der Waals surface area contributed by atoms with Crippen LogP contribution in [0.15, 0.2) is 22.7 Å². The predicted molar refractivity (Wildman–Crippen MR) is 91.0 cm³/mol. The van der Waals surface area contributed by atoms with Crippen molar-refractivity contribution in [3.05, 3.63) is 33.8 Å². The van der Waals surface area contributed by atoms with Gasteiger partial charge in [-0.3, -0.25) is 0 Å². The Morgan fingerprint density at radius 3 is 2.50 bits per heavy atom. The highest BCUT2D eigenvalue weighted by Crippen LogP contribution is 2.20. The molecule has 0 spiro atoms. The highest BCUT2D eigenvalue weighted by Gasteiger charge is 2.05. The van der Waals surface area contributed by atoms with Gasteiger partial charge in [0.25, 0.3) is 0 Å². The van der Waals surface area contributed by atoms with Crippen molar-refractivity contribution in [3.8, 4) is 0 Å². The second-order valence-corrected chi connectivity index (χ2v) is 6.46. The Kier molecular flexibility index (Phi) is 8.38. The molecular weight excluding hydrogens is 314 g/mol. The molecule has 0 unspecified atom stereocenters. The summed E-state index contributed by atoms with van der Waals surface area (Å²) in [6, 6.07) is 6.68. The topological polar surface area (TPSA) is 18.5 Å². The van der Waals surface area contributed by atoms with Gasteiger partial charge in [0.05, 0.1) is 0 Å². The molecule has 20 heavy (non-hydrogen) atoms. The Labute approximate surface area is 132 Å². The minimum absolute atomic E-state index is 0.939. The average molecular weight is 342 g/mol. The molecule has 0 radical (unpaired) electrons. The minimum Gasteiger partial charge on any atom is -0.313 e. The third-order valence-electron chi connectivity index (χ3n) is 3.28. The fourth-order valence-corrected chi connectivity index (χ4v) is 2.68.